The van der Waals surface area contributed by atoms with E-state index < -0.39 is 5.92 Å². The minimum absolute atomic E-state index is 0.0333. The molecule has 30 heavy (non-hydrogen) atoms. The van der Waals surface area contributed by atoms with Crippen LogP contribution in [0.3, 0.4) is 0 Å². The minimum Gasteiger partial charge on any atom is -0.504 e. The Kier molecular flexibility index (Phi) is 3.93. The molecule has 0 saturated heterocycles. The summed E-state index contributed by atoms with van der Waals surface area (Å²) in [7, 11) is 1.47. The second-order valence-corrected chi connectivity index (χ2v) is 6.74. The first-order valence-electron chi connectivity index (χ1n) is 9.03. The molecule has 1 aromatic heterocycles. The van der Waals surface area contributed by atoms with E-state index >= 15 is 0 Å². The number of hydrogen-bond donors (Lipinski definition) is 3. The topological polar surface area (TPSA) is 136 Å². The second-order valence-electron chi connectivity index (χ2n) is 6.74. The summed E-state index contributed by atoms with van der Waals surface area (Å²) in [5.41, 5.74) is 8.91. The predicted molar refractivity (Wildman–Crippen MR) is 104 cm³/mol. The lowest BCUT2D eigenvalue weighted by atomic mass is 9.83. The maximum absolute atomic E-state index is 10.3. The number of nitrogens with two attached hydrogens (primary N) is 1. The number of aromatic hydroxyl groups is 1. The Balaban J connectivity index is 1.69. The molecule has 150 valence electrons. The van der Waals surface area contributed by atoms with Crippen molar-refractivity contribution in [1.29, 1.82) is 5.26 Å². The molecule has 0 saturated carbocycles. The van der Waals surface area contributed by atoms with Crippen LogP contribution in [0.15, 0.2) is 47.9 Å². The maximum atomic E-state index is 10.3. The summed E-state index contributed by atoms with van der Waals surface area (Å²) in [4.78, 5) is 0. The van der Waals surface area contributed by atoms with Crippen LogP contribution in [0.25, 0.3) is 11.3 Å². The number of methoxy groups -OCH3 is 1. The molecule has 0 bridgehead atoms. The molecule has 0 amide bonds. The van der Waals surface area contributed by atoms with Crippen molar-refractivity contribution in [2.45, 2.75) is 5.92 Å². The predicted octanol–water partition coefficient (Wildman–Crippen LogP) is 2.74. The zero-order chi connectivity index (χ0) is 20.8. The van der Waals surface area contributed by atoms with Gasteiger partial charge in [0.2, 0.25) is 18.6 Å². The molecule has 1 atom stereocenters. The molecule has 3 aromatic rings. The lowest BCUT2D eigenvalue weighted by Crippen LogP contribution is -2.21. The Labute approximate surface area is 170 Å². The smallest absolute Gasteiger partial charge is 0.244 e. The molecule has 0 aliphatic carbocycles. The highest BCUT2D eigenvalue weighted by Crippen LogP contribution is 2.47. The van der Waals surface area contributed by atoms with Gasteiger partial charge < -0.3 is 29.8 Å². The standard InChI is InChI=1S/C21H16N4O5/c1-27-14-4-2-10(6-13(14)26)17-12(8-22)20(23)30-21-18(17)19(24-25-21)11-3-5-15-16(7-11)29-9-28-15/h2-7,17,26H,9,23H2,1H3,(H,24,25)/t17-/m0/s1. The van der Waals surface area contributed by atoms with Gasteiger partial charge >= 0.3 is 0 Å². The molecule has 0 unspecified atom stereocenters. The van der Waals surface area contributed by atoms with Crippen molar-refractivity contribution in [3.05, 3.63) is 59.0 Å². The monoisotopic (exact) mass is 404 g/mol. The molecule has 0 fully saturated rings. The summed E-state index contributed by atoms with van der Waals surface area (Å²) in [6.07, 6.45) is 0. The maximum Gasteiger partial charge on any atom is 0.244 e. The van der Waals surface area contributed by atoms with E-state index in [-0.39, 0.29) is 29.9 Å². The Morgan fingerprint density at radius 2 is 2.07 bits per heavy atom. The fourth-order valence-corrected chi connectivity index (χ4v) is 3.74. The molecule has 3 heterocycles. The number of nitrogens with zero attached hydrogens (tertiary/aromatic N) is 2. The molecule has 0 radical (unpaired) electrons. The van der Waals surface area contributed by atoms with Crippen LogP contribution in [0.5, 0.6) is 28.9 Å². The number of nitrogens with one attached hydrogen (secondary N) is 1. The quantitative estimate of drug-likeness (QED) is 0.606. The highest BCUT2D eigenvalue weighted by Gasteiger charge is 2.36. The summed E-state index contributed by atoms with van der Waals surface area (Å²) in [6, 6.07) is 12.6. The number of H-pyrrole nitrogens is 1. The average molecular weight is 404 g/mol. The number of hydrogen-bond acceptors (Lipinski definition) is 8. The zero-order valence-corrected chi connectivity index (χ0v) is 15.8. The Bertz CT molecular complexity index is 1240. The summed E-state index contributed by atoms with van der Waals surface area (Å²) < 4.78 is 21.6. The molecule has 0 spiro atoms. The van der Waals surface area contributed by atoms with E-state index in [2.05, 4.69) is 16.3 Å². The van der Waals surface area contributed by atoms with Crippen molar-refractivity contribution in [3.63, 3.8) is 0 Å². The van der Waals surface area contributed by atoms with Gasteiger partial charge in [0.1, 0.15) is 11.6 Å². The van der Waals surface area contributed by atoms with Crippen molar-refractivity contribution in [3.8, 4) is 46.2 Å². The van der Waals surface area contributed by atoms with Crippen LogP contribution in [0, 0.1) is 11.3 Å². The van der Waals surface area contributed by atoms with Crippen molar-refractivity contribution in [1.82, 2.24) is 10.2 Å². The Morgan fingerprint density at radius 1 is 1.23 bits per heavy atom. The first-order chi connectivity index (χ1) is 14.6. The Hall–Kier alpha value is -4.32. The number of phenols is 1. The normalized spacial score (nSPS) is 16.6. The molecule has 2 aliphatic rings. The average Bonchev–Trinajstić information content (AvgIpc) is 3.38. The second kappa shape index (κ2) is 6.63. The summed E-state index contributed by atoms with van der Waals surface area (Å²) in [5, 5.41) is 27.3. The minimum atomic E-state index is -0.602. The van der Waals surface area contributed by atoms with Gasteiger partial charge in [-0.15, -0.1) is 5.10 Å². The zero-order valence-electron chi connectivity index (χ0n) is 15.8. The summed E-state index contributed by atoms with van der Waals surface area (Å²) in [6.45, 7) is 0.161. The number of nitriles is 1. The van der Waals surface area contributed by atoms with Crippen molar-refractivity contribution >= 4 is 0 Å². The van der Waals surface area contributed by atoms with Crippen LogP contribution in [0.4, 0.5) is 0 Å². The highest BCUT2D eigenvalue weighted by molar-refractivity contribution is 5.73. The number of benzene rings is 2. The molecule has 5 rings (SSSR count). The van der Waals surface area contributed by atoms with Gasteiger partial charge in [0.25, 0.3) is 0 Å². The van der Waals surface area contributed by atoms with E-state index in [1.807, 2.05) is 12.1 Å². The van der Waals surface area contributed by atoms with E-state index in [1.54, 1.807) is 24.3 Å². The molecular weight excluding hydrogens is 388 g/mol. The van der Waals surface area contributed by atoms with Crippen LogP contribution < -0.4 is 24.7 Å². The van der Waals surface area contributed by atoms with Gasteiger partial charge in [-0.1, -0.05) is 6.07 Å². The van der Waals surface area contributed by atoms with Gasteiger partial charge in [0.15, 0.2) is 23.0 Å². The molecular formula is C21H16N4O5. The fraction of sp³-hybridized carbons (Fsp3) is 0.143. The summed E-state index contributed by atoms with van der Waals surface area (Å²) >= 11 is 0. The van der Waals surface area contributed by atoms with Gasteiger partial charge in [-0.3, -0.25) is 5.10 Å². The van der Waals surface area contributed by atoms with Crippen molar-refractivity contribution in [2.75, 3.05) is 13.9 Å². The van der Waals surface area contributed by atoms with Crippen LogP contribution in [0.1, 0.15) is 17.0 Å². The summed E-state index contributed by atoms with van der Waals surface area (Å²) in [5.74, 6) is 1.17. The number of allylic oxidation sites excluding steroid dienone is 1. The van der Waals surface area contributed by atoms with Gasteiger partial charge in [-0.25, -0.2) is 0 Å². The third kappa shape index (κ3) is 2.58. The fourth-order valence-electron chi connectivity index (χ4n) is 3.74. The SMILES string of the molecule is COc1ccc([C@H]2C(C#N)=C(N)Oc3n[nH]c(-c4ccc5c(c4)OCO5)c32)cc1O. The lowest BCUT2D eigenvalue weighted by molar-refractivity contribution is 0.174. The number of aromatic nitrogens is 2. The molecule has 4 N–H and O–H groups in total. The molecule has 2 aliphatic heterocycles. The van der Waals surface area contributed by atoms with E-state index in [4.69, 9.17) is 24.7 Å². The van der Waals surface area contributed by atoms with Crippen LogP contribution in [0.2, 0.25) is 0 Å². The number of rotatable bonds is 3. The highest BCUT2D eigenvalue weighted by atomic mass is 16.7. The first-order valence-corrected chi connectivity index (χ1v) is 9.03. The lowest BCUT2D eigenvalue weighted by Gasteiger charge is -2.24. The number of aromatic amines is 1. The third-order valence-corrected chi connectivity index (χ3v) is 5.14. The third-order valence-electron chi connectivity index (χ3n) is 5.14. The number of ether oxygens (including phenoxy) is 4. The molecule has 2 aromatic carbocycles. The Morgan fingerprint density at radius 3 is 2.83 bits per heavy atom. The van der Waals surface area contributed by atoms with Gasteiger partial charge in [-0.05, 0) is 35.9 Å². The first kappa shape index (κ1) is 17.8. The van der Waals surface area contributed by atoms with E-state index in [1.165, 1.54) is 7.11 Å². The van der Waals surface area contributed by atoms with E-state index in [0.717, 1.165) is 5.56 Å². The molecule has 9 nitrogen and oxygen atoms in total. The van der Waals surface area contributed by atoms with Crippen molar-refractivity contribution < 1.29 is 24.1 Å². The van der Waals surface area contributed by atoms with Crippen LogP contribution in [-0.2, 0) is 0 Å². The van der Waals surface area contributed by atoms with Gasteiger partial charge in [0.05, 0.1) is 24.3 Å². The van der Waals surface area contributed by atoms with Crippen molar-refractivity contribution in [2.24, 2.45) is 5.73 Å². The van der Waals surface area contributed by atoms with Crippen LogP contribution >= 0.6 is 0 Å². The largest absolute Gasteiger partial charge is 0.504 e. The van der Waals surface area contributed by atoms with Gasteiger partial charge in [0, 0.05) is 5.56 Å². The van der Waals surface area contributed by atoms with Crippen LogP contribution in [-0.4, -0.2) is 29.2 Å². The van der Waals surface area contributed by atoms with E-state index in [0.29, 0.717) is 34.1 Å². The van der Waals surface area contributed by atoms with Gasteiger partial charge in [-0.2, -0.15) is 5.26 Å². The number of phenolic OH excluding ortho intramolecular Hbond substituents is 1. The van der Waals surface area contributed by atoms with E-state index in [9.17, 15) is 10.4 Å². The molecule has 9 heteroatoms. The number of fused-ring (bicyclic) bond motifs is 2.